The molecule has 0 spiro atoms. The van der Waals surface area contributed by atoms with E-state index < -0.39 is 0 Å². The van der Waals surface area contributed by atoms with E-state index in [9.17, 15) is 4.39 Å². The van der Waals surface area contributed by atoms with E-state index in [0.29, 0.717) is 29.9 Å². The molecular weight excluding hydrogens is 517 g/mol. The number of ether oxygens (including phenoxy) is 1. The number of piperidine rings is 1. The summed E-state index contributed by atoms with van der Waals surface area (Å²) in [6.45, 7) is 2.24. The fourth-order valence-corrected chi connectivity index (χ4v) is 6.88. The fourth-order valence-electron chi connectivity index (χ4n) is 6.88. The summed E-state index contributed by atoms with van der Waals surface area (Å²) < 4.78 is 21.9. The van der Waals surface area contributed by atoms with Crippen LogP contribution in [-0.4, -0.2) is 62.0 Å². The van der Waals surface area contributed by atoms with Gasteiger partial charge in [0.25, 0.3) is 0 Å². The maximum absolute atomic E-state index is 14.2. The normalized spacial score (nSPS) is 20.7. The number of likely N-dealkylation sites (tertiary alicyclic amines) is 1. The molecule has 1 aliphatic heterocycles. The predicted molar refractivity (Wildman–Crippen MR) is 159 cm³/mol. The van der Waals surface area contributed by atoms with Gasteiger partial charge in [-0.15, -0.1) is 0 Å². The number of nitrogens with zero attached hydrogens (tertiary/aromatic N) is 5. The first-order valence-electron chi connectivity index (χ1n) is 14.7. The van der Waals surface area contributed by atoms with Crippen LogP contribution in [0.4, 0.5) is 10.2 Å². The van der Waals surface area contributed by atoms with Gasteiger partial charge >= 0.3 is 0 Å². The summed E-state index contributed by atoms with van der Waals surface area (Å²) in [5.74, 6) is 0.254. The van der Waals surface area contributed by atoms with Gasteiger partial charge in [0.05, 0.1) is 17.5 Å². The van der Waals surface area contributed by atoms with Crippen molar-refractivity contribution in [2.75, 3.05) is 25.9 Å². The van der Waals surface area contributed by atoms with E-state index in [0.717, 1.165) is 90.5 Å². The van der Waals surface area contributed by atoms with Crippen LogP contribution < -0.4 is 5.73 Å². The zero-order valence-corrected chi connectivity index (χ0v) is 23.4. The molecule has 3 N–H and O–H groups in total. The van der Waals surface area contributed by atoms with E-state index in [1.54, 1.807) is 6.07 Å². The number of aromatic nitrogens is 5. The lowest BCUT2D eigenvalue weighted by molar-refractivity contribution is 0.0182. The molecule has 1 aliphatic carbocycles. The highest BCUT2D eigenvalue weighted by Crippen LogP contribution is 2.38. The number of anilines is 1. The molecular formula is C32H36FN7O. The van der Waals surface area contributed by atoms with E-state index >= 15 is 0 Å². The summed E-state index contributed by atoms with van der Waals surface area (Å²) in [7, 11) is 1.83. The summed E-state index contributed by atoms with van der Waals surface area (Å²) in [6.07, 6.45) is 9.12. The van der Waals surface area contributed by atoms with E-state index in [1.165, 1.54) is 12.4 Å². The Kier molecular flexibility index (Phi) is 6.92. The minimum Gasteiger partial charge on any atom is -0.383 e. The van der Waals surface area contributed by atoms with E-state index in [2.05, 4.69) is 48.8 Å². The molecule has 2 fully saturated rings. The van der Waals surface area contributed by atoms with Gasteiger partial charge in [0, 0.05) is 54.8 Å². The maximum Gasteiger partial charge on any atom is 0.164 e. The summed E-state index contributed by atoms with van der Waals surface area (Å²) in [4.78, 5) is 15.1. The summed E-state index contributed by atoms with van der Waals surface area (Å²) in [6, 6.07) is 16.1. The van der Waals surface area contributed by atoms with Gasteiger partial charge in [-0.3, -0.25) is 0 Å². The van der Waals surface area contributed by atoms with E-state index in [1.807, 2.05) is 19.2 Å². The Labute approximate surface area is 238 Å². The van der Waals surface area contributed by atoms with Crippen LogP contribution in [0.2, 0.25) is 0 Å². The van der Waals surface area contributed by atoms with E-state index in [-0.39, 0.29) is 11.9 Å². The van der Waals surface area contributed by atoms with Crippen LogP contribution in [0.3, 0.4) is 0 Å². The van der Waals surface area contributed by atoms with Crippen LogP contribution in [0.25, 0.3) is 33.2 Å². The molecule has 3 aromatic heterocycles. The van der Waals surface area contributed by atoms with Gasteiger partial charge in [0.15, 0.2) is 5.65 Å². The first-order chi connectivity index (χ1) is 20.1. The van der Waals surface area contributed by atoms with Crippen molar-refractivity contribution in [3.05, 3.63) is 71.9 Å². The smallest absolute Gasteiger partial charge is 0.164 e. The zero-order chi connectivity index (χ0) is 27.9. The number of aromatic amines is 1. The highest BCUT2D eigenvalue weighted by atomic mass is 19.1. The third-order valence-corrected chi connectivity index (χ3v) is 9.15. The Bertz CT molecular complexity index is 1680. The molecule has 7 rings (SSSR count). The molecule has 212 valence electrons. The van der Waals surface area contributed by atoms with Gasteiger partial charge in [-0.25, -0.2) is 19.0 Å². The molecule has 0 unspecified atom stereocenters. The molecule has 5 aromatic rings. The topological polar surface area (TPSA) is 97.9 Å². The molecule has 4 heterocycles. The fraction of sp³-hybridized carbons (Fsp3) is 0.406. The summed E-state index contributed by atoms with van der Waals surface area (Å²) >= 11 is 0. The van der Waals surface area contributed by atoms with Crippen LogP contribution in [0, 0.1) is 5.82 Å². The van der Waals surface area contributed by atoms with Crippen molar-refractivity contribution in [1.82, 2.24) is 29.6 Å². The number of fused-ring (bicyclic) bond motifs is 2. The molecule has 2 aliphatic rings. The van der Waals surface area contributed by atoms with Crippen LogP contribution in [-0.2, 0) is 11.2 Å². The van der Waals surface area contributed by atoms with Gasteiger partial charge in [-0.05, 0) is 68.4 Å². The average Bonchev–Trinajstić information content (AvgIpc) is 3.60. The van der Waals surface area contributed by atoms with Crippen LogP contribution >= 0.6 is 0 Å². The standard InChI is InChI=1S/C32H36FN7O/c1-41-26-12-14-39(15-13-26)24-7-9-25(10-8-24)40-32-29(31(34)35-19-36-32)30(38-40)21-6-11-28-22(16-21)18-23(37-28)17-20-4-2-3-5-27(20)33/h2-6,11,16,18-19,24-26,37H,7-10,12-15,17H2,1H3,(H2,34,35,36). The Morgan fingerprint density at radius 3 is 2.54 bits per heavy atom. The van der Waals surface area contributed by atoms with Crippen molar-refractivity contribution in [3.63, 3.8) is 0 Å². The quantitative estimate of drug-likeness (QED) is 0.273. The number of methoxy groups -OCH3 is 1. The van der Waals surface area contributed by atoms with Gasteiger partial charge in [0.2, 0.25) is 0 Å². The van der Waals surface area contributed by atoms with Crippen molar-refractivity contribution in [2.24, 2.45) is 0 Å². The molecule has 0 amide bonds. The monoisotopic (exact) mass is 553 g/mol. The van der Waals surface area contributed by atoms with Gasteiger partial charge < -0.3 is 20.4 Å². The lowest BCUT2D eigenvalue weighted by atomic mass is 9.89. The van der Waals surface area contributed by atoms with E-state index in [4.69, 9.17) is 15.6 Å². The second-order valence-corrected chi connectivity index (χ2v) is 11.5. The largest absolute Gasteiger partial charge is 0.383 e. The number of nitrogens with one attached hydrogen (secondary N) is 1. The van der Waals surface area contributed by atoms with Crippen molar-refractivity contribution >= 4 is 27.8 Å². The summed E-state index contributed by atoms with van der Waals surface area (Å²) in [5.41, 5.74) is 11.6. The molecule has 8 nitrogen and oxygen atoms in total. The highest BCUT2D eigenvalue weighted by Gasteiger charge is 2.31. The molecule has 9 heteroatoms. The first kappa shape index (κ1) is 26.1. The third kappa shape index (κ3) is 4.97. The van der Waals surface area contributed by atoms with Crippen molar-refractivity contribution in [3.8, 4) is 11.3 Å². The van der Waals surface area contributed by atoms with Crippen molar-refractivity contribution < 1.29 is 9.13 Å². The Morgan fingerprint density at radius 1 is 0.976 bits per heavy atom. The number of nitrogen functional groups attached to an aromatic ring is 1. The number of hydrogen-bond acceptors (Lipinski definition) is 6. The molecule has 0 radical (unpaired) electrons. The number of rotatable bonds is 6. The Morgan fingerprint density at radius 2 is 1.76 bits per heavy atom. The number of nitrogens with two attached hydrogens (primary N) is 1. The second-order valence-electron chi connectivity index (χ2n) is 11.5. The number of halogens is 1. The summed E-state index contributed by atoms with van der Waals surface area (Å²) in [5, 5.41) is 6.99. The lowest BCUT2D eigenvalue weighted by Crippen LogP contribution is -2.44. The zero-order valence-electron chi connectivity index (χ0n) is 23.4. The van der Waals surface area contributed by atoms with Gasteiger partial charge in [-0.2, -0.15) is 5.10 Å². The molecule has 2 aromatic carbocycles. The Balaban J connectivity index is 1.15. The van der Waals surface area contributed by atoms with Crippen LogP contribution in [0.5, 0.6) is 0 Å². The molecule has 0 atom stereocenters. The minimum absolute atomic E-state index is 0.191. The SMILES string of the molecule is COC1CCN(C2CCC(n3nc(-c4ccc5[nH]c(Cc6ccccc6F)cc5c4)c4c(N)ncnc43)CC2)CC1. The number of benzene rings is 2. The molecule has 1 saturated heterocycles. The van der Waals surface area contributed by atoms with Crippen LogP contribution in [0.15, 0.2) is 54.9 Å². The van der Waals surface area contributed by atoms with Gasteiger partial charge in [0.1, 0.15) is 23.7 Å². The maximum atomic E-state index is 14.2. The lowest BCUT2D eigenvalue weighted by Gasteiger charge is -2.40. The molecule has 41 heavy (non-hydrogen) atoms. The Hall–Kier alpha value is -3.82. The predicted octanol–water partition coefficient (Wildman–Crippen LogP) is 5.88. The van der Waals surface area contributed by atoms with Crippen molar-refractivity contribution in [2.45, 2.75) is 63.1 Å². The molecule has 1 saturated carbocycles. The number of hydrogen-bond donors (Lipinski definition) is 2. The minimum atomic E-state index is -0.191. The second kappa shape index (κ2) is 10.9. The molecule has 0 bridgehead atoms. The van der Waals surface area contributed by atoms with Crippen molar-refractivity contribution in [1.29, 1.82) is 0 Å². The number of H-pyrrole nitrogens is 1. The average molecular weight is 554 g/mol. The third-order valence-electron chi connectivity index (χ3n) is 9.15. The first-order valence-corrected chi connectivity index (χ1v) is 14.7. The highest BCUT2D eigenvalue weighted by molar-refractivity contribution is 6.00. The van der Waals surface area contributed by atoms with Gasteiger partial charge in [-0.1, -0.05) is 24.3 Å². The van der Waals surface area contributed by atoms with Crippen LogP contribution in [0.1, 0.15) is 55.8 Å².